The number of hydrogen-bond acceptors (Lipinski definition) is 2. The van der Waals surface area contributed by atoms with Gasteiger partial charge in [0.05, 0.1) is 5.56 Å². The highest BCUT2D eigenvalue weighted by molar-refractivity contribution is 6.30. The minimum Gasteiger partial charge on any atom is -0.349 e. The van der Waals surface area contributed by atoms with E-state index >= 15 is 0 Å². The minimum absolute atomic E-state index is 0.0540. The Bertz CT molecular complexity index is 445. The van der Waals surface area contributed by atoms with E-state index in [4.69, 9.17) is 11.6 Å². The van der Waals surface area contributed by atoms with Crippen molar-refractivity contribution >= 4 is 17.5 Å². The summed E-state index contributed by atoms with van der Waals surface area (Å²) in [6, 6.07) is 4.23. The van der Waals surface area contributed by atoms with Gasteiger partial charge >= 0.3 is 0 Å². The molecule has 0 spiro atoms. The Morgan fingerprint density at radius 3 is 2.72 bits per heavy atom. The van der Waals surface area contributed by atoms with E-state index in [0.29, 0.717) is 5.02 Å². The first-order chi connectivity index (χ1) is 8.56. The topological polar surface area (TPSA) is 32.3 Å². The molecule has 0 saturated carbocycles. The zero-order chi connectivity index (χ0) is 13.1. The number of likely N-dealkylation sites (tertiary alicyclic amines) is 1. The number of nitrogens with one attached hydrogen (secondary N) is 1. The molecule has 0 bridgehead atoms. The van der Waals surface area contributed by atoms with Gasteiger partial charge in [-0.05, 0) is 51.2 Å². The molecule has 18 heavy (non-hydrogen) atoms. The highest BCUT2D eigenvalue weighted by atomic mass is 35.5. The van der Waals surface area contributed by atoms with Crippen molar-refractivity contribution in [3.8, 4) is 0 Å². The fourth-order valence-electron chi connectivity index (χ4n) is 2.09. The lowest BCUT2D eigenvalue weighted by Crippen LogP contribution is -2.43. The second-order valence-corrected chi connectivity index (χ2v) is 5.11. The predicted molar refractivity (Wildman–Crippen MR) is 69.4 cm³/mol. The van der Waals surface area contributed by atoms with Gasteiger partial charge in [0.15, 0.2) is 0 Å². The van der Waals surface area contributed by atoms with Gasteiger partial charge in [-0.15, -0.1) is 0 Å². The van der Waals surface area contributed by atoms with E-state index in [-0.39, 0.29) is 17.5 Å². The van der Waals surface area contributed by atoms with Crippen molar-refractivity contribution < 1.29 is 9.18 Å². The molecule has 1 heterocycles. The van der Waals surface area contributed by atoms with E-state index in [2.05, 4.69) is 17.3 Å². The molecule has 0 aliphatic carbocycles. The first-order valence-electron chi connectivity index (χ1n) is 6.00. The van der Waals surface area contributed by atoms with Crippen LogP contribution in [-0.2, 0) is 0 Å². The summed E-state index contributed by atoms with van der Waals surface area (Å²) in [5.41, 5.74) is 0.0540. The molecule has 3 nitrogen and oxygen atoms in total. The fourth-order valence-corrected chi connectivity index (χ4v) is 2.25. The van der Waals surface area contributed by atoms with Gasteiger partial charge in [0, 0.05) is 11.1 Å². The largest absolute Gasteiger partial charge is 0.349 e. The normalized spacial score (nSPS) is 17.7. The number of halogens is 2. The fraction of sp³-hybridized carbons (Fsp3) is 0.462. The molecular formula is C13H16ClFN2O. The van der Waals surface area contributed by atoms with Crippen molar-refractivity contribution in [3.05, 3.63) is 34.6 Å². The molecule has 98 valence electrons. The maximum atomic E-state index is 13.6. The summed E-state index contributed by atoms with van der Waals surface area (Å²) in [5, 5.41) is 3.16. The lowest BCUT2D eigenvalue weighted by molar-refractivity contribution is 0.0913. The van der Waals surface area contributed by atoms with Crippen molar-refractivity contribution in [2.75, 3.05) is 20.1 Å². The molecule has 0 atom stereocenters. The molecule has 1 fully saturated rings. The number of hydrogen-bond donors (Lipinski definition) is 1. The van der Waals surface area contributed by atoms with Gasteiger partial charge < -0.3 is 10.2 Å². The van der Waals surface area contributed by atoms with Crippen LogP contribution in [0.2, 0.25) is 5.02 Å². The van der Waals surface area contributed by atoms with E-state index in [9.17, 15) is 9.18 Å². The lowest BCUT2D eigenvalue weighted by atomic mass is 10.0. The van der Waals surface area contributed by atoms with Crippen LogP contribution in [0.25, 0.3) is 0 Å². The maximum Gasteiger partial charge on any atom is 0.254 e. The third kappa shape index (κ3) is 3.21. The lowest BCUT2D eigenvalue weighted by Gasteiger charge is -2.29. The van der Waals surface area contributed by atoms with E-state index in [0.717, 1.165) is 32.0 Å². The van der Waals surface area contributed by atoms with Crippen LogP contribution in [0.1, 0.15) is 23.2 Å². The van der Waals surface area contributed by atoms with Crippen molar-refractivity contribution in [1.29, 1.82) is 0 Å². The van der Waals surface area contributed by atoms with Gasteiger partial charge in [-0.2, -0.15) is 0 Å². The van der Waals surface area contributed by atoms with Gasteiger partial charge in [-0.25, -0.2) is 4.39 Å². The Morgan fingerprint density at radius 2 is 2.11 bits per heavy atom. The summed E-state index contributed by atoms with van der Waals surface area (Å²) in [7, 11) is 2.05. The van der Waals surface area contributed by atoms with Crippen LogP contribution in [0.5, 0.6) is 0 Å². The Kier molecular flexibility index (Phi) is 4.19. The van der Waals surface area contributed by atoms with Gasteiger partial charge in [0.2, 0.25) is 0 Å². The van der Waals surface area contributed by atoms with Crippen LogP contribution in [0.4, 0.5) is 4.39 Å². The quantitative estimate of drug-likeness (QED) is 0.894. The predicted octanol–water partition coefficient (Wildman–Crippen LogP) is 2.30. The number of carbonyl (C=O) groups excluding carboxylic acids is 1. The molecule has 0 aromatic heterocycles. The summed E-state index contributed by atoms with van der Waals surface area (Å²) in [6.45, 7) is 1.90. The third-order valence-corrected chi connectivity index (χ3v) is 3.46. The monoisotopic (exact) mass is 270 g/mol. The standard InChI is InChI=1S/C13H16ClFN2O/c1-17-6-4-10(5-7-17)16-13(18)11-3-2-9(14)8-12(11)15/h2-3,8,10H,4-7H2,1H3,(H,16,18). The van der Waals surface area contributed by atoms with Crippen LogP contribution in [0.15, 0.2) is 18.2 Å². The van der Waals surface area contributed by atoms with Crippen molar-refractivity contribution in [1.82, 2.24) is 10.2 Å². The average Bonchev–Trinajstić information content (AvgIpc) is 2.32. The van der Waals surface area contributed by atoms with Gasteiger partial charge in [0.1, 0.15) is 5.82 Å². The molecule has 1 aliphatic rings. The molecule has 1 aliphatic heterocycles. The molecule has 1 amide bonds. The van der Waals surface area contributed by atoms with E-state index in [1.807, 2.05) is 0 Å². The molecule has 1 aromatic rings. The highest BCUT2D eigenvalue weighted by Crippen LogP contribution is 2.15. The van der Waals surface area contributed by atoms with Crippen LogP contribution in [0.3, 0.4) is 0 Å². The van der Waals surface area contributed by atoms with Crippen molar-refractivity contribution in [3.63, 3.8) is 0 Å². The van der Waals surface area contributed by atoms with Gasteiger partial charge in [0.25, 0.3) is 5.91 Å². The Balaban J connectivity index is 1.99. The first kappa shape index (κ1) is 13.3. The van der Waals surface area contributed by atoms with Crippen LogP contribution < -0.4 is 5.32 Å². The summed E-state index contributed by atoms with van der Waals surface area (Å²) in [4.78, 5) is 14.1. The average molecular weight is 271 g/mol. The highest BCUT2D eigenvalue weighted by Gasteiger charge is 2.20. The Morgan fingerprint density at radius 1 is 1.44 bits per heavy atom. The van der Waals surface area contributed by atoms with Crippen LogP contribution >= 0.6 is 11.6 Å². The molecule has 0 unspecified atom stereocenters. The molecule has 0 radical (unpaired) electrons. The second kappa shape index (κ2) is 5.67. The molecule has 1 N–H and O–H groups in total. The maximum absolute atomic E-state index is 13.6. The molecule has 5 heteroatoms. The summed E-state index contributed by atoms with van der Waals surface area (Å²) in [6.07, 6.45) is 1.80. The van der Waals surface area contributed by atoms with E-state index in [1.54, 1.807) is 0 Å². The van der Waals surface area contributed by atoms with Crippen molar-refractivity contribution in [2.45, 2.75) is 18.9 Å². The third-order valence-electron chi connectivity index (χ3n) is 3.23. The van der Waals surface area contributed by atoms with Gasteiger partial charge in [-0.3, -0.25) is 4.79 Å². The summed E-state index contributed by atoms with van der Waals surface area (Å²) >= 11 is 5.65. The number of carbonyl (C=O) groups is 1. The summed E-state index contributed by atoms with van der Waals surface area (Å²) in [5.74, 6) is -0.938. The molecular weight excluding hydrogens is 255 g/mol. The number of rotatable bonds is 2. The van der Waals surface area contributed by atoms with Crippen LogP contribution in [-0.4, -0.2) is 37.0 Å². The smallest absolute Gasteiger partial charge is 0.254 e. The Hall–Kier alpha value is -1.13. The van der Waals surface area contributed by atoms with E-state index in [1.165, 1.54) is 12.1 Å². The number of nitrogens with zero attached hydrogens (tertiary/aromatic N) is 1. The second-order valence-electron chi connectivity index (χ2n) is 4.68. The zero-order valence-corrected chi connectivity index (χ0v) is 11.0. The number of piperidine rings is 1. The van der Waals surface area contributed by atoms with Crippen molar-refractivity contribution in [2.24, 2.45) is 0 Å². The first-order valence-corrected chi connectivity index (χ1v) is 6.38. The molecule has 1 aromatic carbocycles. The number of benzene rings is 1. The SMILES string of the molecule is CN1CCC(NC(=O)c2ccc(Cl)cc2F)CC1. The van der Waals surface area contributed by atoms with Gasteiger partial charge in [-0.1, -0.05) is 11.6 Å². The molecule has 2 rings (SSSR count). The zero-order valence-electron chi connectivity index (χ0n) is 10.2. The summed E-state index contributed by atoms with van der Waals surface area (Å²) < 4.78 is 13.6. The molecule has 1 saturated heterocycles. The van der Waals surface area contributed by atoms with E-state index < -0.39 is 5.82 Å². The number of amides is 1. The van der Waals surface area contributed by atoms with Crippen LogP contribution in [0, 0.1) is 5.82 Å². The minimum atomic E-state index is -0.576. The Labute approximate surface area is 111 Å².